The molecule has 2 aromatic heterocycles. The van der Waals surface area contributed by atoms with Crippen LogP contribution in [0.25, 0.3) is 97.0 Å². The number of fused-ring (bicyclic) bond motifs is 9. The second kappa shape index (κ2) is 13.6. The normalized spacial score (nSPS) is 11.7. The van der Waals surface area contributed by atoms with E-state index in [1.54, 1.807) is 0 Å². The van der Waals surface area contributed by atoms with Crippen LogP contribution >= 0.6 is 11.3 Å². The Morgan fingerprint density at radius 2 is 0.881 bits per heavy atom. The molecule has 0 saturated carbocycles. The first kappa shape index (κ1) is 33.7. The Bertz CT molecular complexity index is 3580. The number of hydrogen-bond acceptors (Lipinski definition) is 3. The summed E-state index contributed by atoms with van der Waals surface area (Å²) in [5.41, 5.74) is 12.1. The van der Waals surface area contributed by atoms with E-state index >= 15 is 0 Å². The molecule has 3 heteroatoms. The lowest BCUT2D eigenvalue weighted by Crippen LogP contribution is -2.12. The van der Waals surface area contributed by atoms with Crippen LogP contribution in [0.5, 0.6) is 0 Å². The zero-order chi connectivity index (χ0) is 38.9. The predicted molar refractivity (Wildman–Crippen MR) is 253 cm³/mol. The van der Waals surface area contributed by atoms with Gasteiger partial charge in [0.05, 0.1) is 5.69 Å². The van der Waals surface area contributed by atoms with E-state index in [0.29, 0.717) is 0 Å². The average Bonchev–Trinajstić information content (AvgIpc) is 3.87. The highest BCUT2D eigenvalue weighted by Gasteiger charge is 2.25. The van der Waals surface area contributed by atoms with Gasteiger partial charge in [0.1, 0.15) is 11.2 Å². The molecule has 0 aliphatic carbocycles. The Labute approximate surface area is 345 Å². The number of nitrogens with zero attached hydrogens (tertiary/aromatic N) is 1. The number of rotatable bonds is 6. The predicted octanol–water partition coefficient (Wildman–Crippen LogP) is 16.7. The highest BCUT2D eigenvalue weighted by atomic mass is 32.1. The quantitative estimate of drug-likeness (QED) is 0.157. The Kier molecular flexibility index (Phi) is 7.75. The van der Waals surface area contributed by atoms with Gasteiger partial charge in [-0.05, 0) is 98.6 Å². The van der Waals surface area contributed by atoms with Gasteiger partial charge in [-0.2, -0.15) is 0 Å². The van der Waals surface area contributed by atoms with E-state index in [-0.39, 0.29) is 0 Å². The molecule has 0 unspecified atom stereocenters. The van der Waals surface area contributed by atoms with Gasteiger partial charge in [-0.15, -0.1) is 11.3 Å². The first-order valence-corrected chi connectivity index (χ1v) is 20.9. The average molecular weight is 770 g/mol. The van der Waals surface area contributed by atoms with Gasteiger partial charge in [0.15, 0.2) is 0 Å². The number of para-hydroxylation sites is 1. The molecule has 12 rings (SSSR count). The molecule has 59 heavy (non-hydrogen) atoms. The molecule has 0 N–H and O–H groups in total. The maximum atomic E-state index is 6.39. The maximum Gasteiger partial charge on any atom is 0.135 e. The van der Waals surface area contributed by atoms with Crippen LogP contribution in [0.4, 0.5) is 17.1 Å². The van der Waals surface area contributed by atoms with E-state index in [1.807, 2.05) is 17.4 Å². The van der Waals surface area contributed by atoms with Crippen LogP contribution in [0.2, 0.25) is 0 Å². The molecule has 0 fully saturated rings. The third kappa shape index (κ3) is 5.55. The highest BCUT2D eigenvalue weighted by Crippen LogP contribution is 2.51. The standard InChI is InChI=1S/C56H35NOS/c1-2-14-36(15-3-1)37-16-12-18-40(32-37)55-48-24-6-4-20-43(48)44-21-5-7-25-49(44)56(55)57(42-29-31-52-50(35-42)45-22-8-10-26-51(45)58-52)41-19-13-17-38(33-41)39-28-30-47-46-23-9-11-27-53(46)59-54(47)34-39/h1-35H. The number of thiophene rings is 1. The Morgan fingerprint density at radius 3 is 1.73 bits per heavy atom. The van der Waals surface area contributed by atoms with E-state index in [0.717, 1.165) is 44.6 Å². The molecule has 12 aromatic rings. The first-order valence-electron chi connectivity index (χ1n) is 20.1. The van der Waals surface area contributed by atoms with Gasteiger partial charge >= 0.3 is 0 Å². The fraction of sp³-hybridized carbons (Fsp3) is 0. The first-order chi connectivity index (χ1) is 29.2. The number of furan rings is 1. The molecule has 0 aliphatic rings. The van der Waals surface area contributed by atoms with Gasteiger partial charge in [-0.3, -0.25) is 0 Å². The van der Waals surface area contributed by atoms with E-state index in [4.69, 9.17) is 4.42 Å². The summed E-state index contributed by atoms with van der Waals surface area (Å²) in [5.74, 6) is 0. The molecule has 2 heterocycles. The molecule has 0 atom stereocenters. The van der Waals surface area contributed by atoms with Crippen molar-refractivity contribution in [2.45, 2.75) is 0 Å². The Balaban J connectivity index is 1.16. The molecule has 0 bridgehead atoms. The van der Waals surface area contributed by atoms with Crippen molar-refractivity contribution >= 4 is 92.1 Å². The topological polar surface area (TPSA) is 16.4 Å². The van der Waals surface area contributed by atoms with Gasteiger partial charge < -0.3 is 9.32 Å². The largest absolute Gasteiger partial charge is 0.456 e. The van der Waals surface area contributed by atoms with Crippen molar-refractivity contribution < 1.29 is 4.42 Å². The Morgan fingerprint density at radius 1 is 0.305 bits per heavy atom. The minimum absolute atomic E-state index is 0.874. The van der Waals surface area contributed by atoms with Crippen molar-refractivity contribution in [3.05, 3.63) is 212 Å². The summed E-state index contributed by atoms with van der Waals surface area (Å²) in [6.45, 7) is 0. The molecule has 0 radical (unpaired) electrons. The summed E-state index contributed by atoms with van der Waals surface area (Å²) in [7, 11) is 0. The van der Waals surface area contributed by atoms with Gasteiger partial charge in [0, 0.05) is 53.3 Å². The smallest absolute Gasteiger partial charge is 0.135 e. The Hall–Kier alpha value is -7.46. The highest BCUT2D eigenvalue weighted by molar-refractivity contribution is 7.25. The second-order valence-corrected chi connectivity index (χ2v) is 16.3. The summed E-state index contributed by atoms with van der Waals surface area (Å²) in [6.07, 6.45) is 0. The maximum absolute atomic E-state index is 6.39. The van der Waals surface area contributed by atoms with Gasteiger partial charge in [0.25, 0.3) is 0 Å². The van der Waals surface area contributed by atoms with Crippen molar-refractivity contribution in [3.63, 3.8) is 0 Å². The molecule has 276 valence electrons. The molecule has 0 spiro atoms. The summed E-state index contributed by atoms with van der Waals surface area (Å²) in [5, 5.41) is 9.64. The lowest BCUT2D eigenvalue weighted by atomic mass is 9.88. The molecule has 2 nitrogen and oxygen atoms in total. The zero-order valence-electron chi connectivity index (χ0n) is 32.0. The SMILES string of the molecule is c1ccc(-c2cccc(-c3c(N(c4cccc(-c5ccc6c(c5)sc5ccccc56)c4)c4ccc5oc6ccccc6c5c4)c4ccccc4c4ccccc34)c2)cc1. The zero-order valence-corrected chi connectivity index (χ0v) is 32.8. The summed E-state index contributed by atoms with van der Waals surface area (Å²) < 4.78 is 9.00. The van der Waals surface area contributed by atoms with Gasteiger partial charge in [0.2, 0.25) is 0 Å². The van der Waals surface area contributed by atoms with Gasteiger partial charge in [-0.25, -0.2) is 0 Å². The minimum Gasteiger partial charge on any atom is -0.456 e. The van der Waals surface area contributed by atoms with Crippen LogP contribution in [0.1, 0.15) is 0 Å². The second-order valence-electron chi connectivity index (χ2n) is 15.2. The van der Waals surface area contributed by atoms with Crippen molar-refractivity contribution in [1.82, 2.24) is 0 Å². The minimum atomic E-state index is 0.874. The van der Waals surface area contributed by atoms with Crippen molar-refractivity contribution in [2.24, 2.45) is 0 Å². The van der Waals surface area contributed by atoms with Crippen LogP contribution in [-0.2, 0) is 0 Å². The van der Waals surface area contributed by atoms with Crippen LogP contribution < -0.4 is 4.90 Å². The monoisotopic (exact) mass is 769 g/mol. The summed E-state index contributed by atoms with van der Waals surface area (Å²) >= 11 is 1.86. The molecule has 0 aliphatic heterocycles. The molecular weight excluding hydrogens is 735 g/mol. The van der Waals surface area contributed by atoms with Crippen LogP contribution in [-0.4, -0.2) is 0 Å². The molecule has 10 aromatic carbocycles. The fourth-order valence-electron chi connectivity index (χ4n) is 9.12. The lowest BCUT2D eigenvalue weighted by molar-refractivity contribution is 0.669. The van der Waals surface area contributed by atoms with Crippen molar-refractivity contribution in [2.75, 3.05) is 4.90 Å². The molecular formula is C56H35NOS. The third-order valence-corrected chi connectivity index (χ3v) is 13.0. The van der Waals surface area contributed by atoms with E-state index < -0.39 is 0 Å². The number of anilines is 3. The molecule has 0 amide bonds. The van der Waals surface area contributed by atoms with E-state index in [1.165, 1.54) is 69.5 Å². The summed E-state index contributed by atoms with van der Waals surface area (Å²) in [6, 6.07) is 77.2. The van der Waals surface area contributed by atoms with Crippen LogP contribution in [0.3, 0.4) is 0 Å². The fourth-order valence-corrected chi connectivity index (χ4v) is 10.3. The number of benzene rings is 10. The van der Waals surface area contributed by atoms with E-state index in [2.05, 4.69) is 211 Å². The number of hydrogen-bond donors (Lipinski definition) is 0. The van der Waals surface area contributed by atoms with E-state index in [9.17, 15) is 0 Å². The van der Waals surface area contributed by atoms with Crippen LogP contribution in [0.15, 0.2) is 217 Å². The molecule has 0 saturated heterocycles. The lowest BCUT2D eigenvalue weighted by Gasteiger charge is -2.31. The third-order valence-electron chi connectivity index (χ3n) is 11.8. The van der Waals surface area contributed by atoms with Gasteiger partial charge in [-0.1, -0.05) is 158 Å². The van der Waals surface area contributed by atoms with Crippen LogP contribution in [0, 0.1) is 0 Å². The van der Waals surface area contributed by atoms with Crippen molar-refractivity contribution in [1.29, 1.82) is 0 Å². The summed E-state index contributed by atoms with van der Waals surface area (Å²) in [4.78, 5) is 2.49. The van der Waals surface area contributed by atoms with Crippen molar-refractivity contribution in [3.8, 4) is 33.4 Å².